The monoisotopic (exact) mass is 285 g/mol. The number of fused-ring (bicyclic) bond motifs is 1. The Morgan fingerprint density at radius 1 is 1.38 bits per heavy atom. The van der Waals surface area contributed by atoms with Gasteiger partial charge < -0.3 is 9.64 Å². The summed E-state index contributed by atoms with van der Waals surface area (Å²) in [6.45, 7) is 3.87. The number of piperidine rings is 1. The quantitative estimate of drug-likeness (QED) is 0.868. The molecule has 1 aromatic carbocycles. The first kappa shape index (κ1) is 13.8. The van der Waals surface area contributed by atoms with Gasteiger partial charge in [0.1, 0.15) is 6.33 Å². The van der Waals surface area contributed by atoms with Crippen LogP contribution in [0.4, 0.5) is 0 Å². The Morgan fingerprint density at radius 3 is 3.10 bits per heavy atom. The van der Waals surface area contributed by atoms with Crippen molar-refractivity contribution in [3.8, 4) is 5.88 Å². The molecule has 1 amide bonds. The molecule has 110 valence electrons. The molecule has 1 atom stereocenters. The molecule has 1 aromatic heterocycles. The summed E-state index contributed by atoms with van der Waals surface area (Å²) >= 11 is 0. The Labute approximate surface area is 124 Å². The topological polar surface area (TPSA) is 55.3 Å². The molecule has 1 aliphatic heterocycles. The molecule has 0 saturated carbocycles. The second-order valence-electron chi connectivity index (χ2n) is 5.57. The van der Waals surface area contributed by atoms with Crippen LogP contribution in [0.2, 0.25) is 0 Å². The molecule has 0 radical (unpaired) electrons. The average molecular weight is 285 g/mol. The number of para-hydroxylation sites is 1. The van der Waals surface area contributed by atoms with E-state index >= 15 is 0 Å². The summed E-state index contributed by atoms with van der Waals surface area (Å²) in [4.78, 5) is 22.4. The van der Waals surface area contributed by atoms with Gasteiger partial charge in [-0.15, -0.1) is 0 Å². The van der Waals surface area contributed by atoms with Crippen molar-refractivity contribution in [3.63, 3.8) is 0 Å². The number of hydrogen-bond acceptors (Lipinski definition) is 4. The van der Waals surface area contributed by atoms with Gasteiger partial charge in [-0.3, -0.25) is 4.79 Å². The summed E-state index contributed by atoms with van der Waals surface area (Å²) in [5.74, 6) is 1.07. The maximum Gasteiger partial charge on any atom is 0.260 e. The van der Waals surface area contributed by atoms with Gasteiger partial charge >= 0.3 is 0 Å². The zero-order valence-electron chi connectivity index (χ0n) is 12.2. The van der Waals surface area contributed by atoms with Gasteiger partial charge in [-0.2, -0.15) is 0 Å². The van der Waals surface area contributed by atoms with E-state index in [0.29, 0.717) is 11.8 Å². The number of nitrogens with zero attached hydrogens (tertiary/aromatic N) is 3. The Hall–Kier alpha value is -2.17. The van der Waals surface area contributed by atoms with Crippen LogP contribution in [0.3, 0.4) is 0 Å². The van der Waals surface area contributed by atoms with E-state index in [9.17, 15) is 4.79 Å². The smallest absolute Gasteiger partial charge is 0.260 e. The van der Waals surface area contributed by atoms with Crippen molar-refractivity contribution in [2.45, 2.75) is 19.8 Å². The van der Waals surface area contributed by atoms with Crippen molar-refractivity contribution in [2.24, 2.45) is 5.92 Å². The lowest BCUT2D eigenvalue weighted by Crippen LogP contribution is -2.41. The highest BCUT2D eigenvalue weighted by Crippen LogP contribution is 2.21. The van der Waals surface area contributed by atoms with Crippen LogP contribution in [0.15, 0.2) is 30.6 Å². The van der Waals surface area contributed by atoms with E-state index < -0.39 is 0 Å². The van der Waals surface area contributed by atoms with Crippen molar-refractivity contribution in [1.82, 2.24) is 14.9 Å². The van der Waals surface area contributed by atoms with Crippen LogP contribution in [0.25, 0.3) is 10.9 Å². The molecule has 2 aromatic rings. The highest BCUT2D eigenvalue weighted by molar-refractivity contribution is 5.84. The molecule has 0 N–H and O–H groups in total. The predicted octanol–water partition coefficient (Wildman–Crippen LogP) is 2.27. The Morgan fingerprint density at radius 2 is 2.24 bits per heavy atom. The minimum atomic E-state index is 0.0317. The van der Waals surface area contributed by atoms with Gasteiger partial charge in [0.25, 0.3) is 5.91 Å². The number of carbonyl (C=O) groups excluding carboxylic acids is 1. The third-order valence-corrected chi connectivity index (χ3v) is 3.85. The van der Waals surface area contributed by atoms with E-state index in [4.69, 9.17) is 4.74 Å². The van der Waals surface area contributed by atoms with E-state index in [1.165, 1.54) is 12.7 Å². The summed E-state index contributed by atoms with van der Waals surface area (Å²) in [5, 5.41) is 0.833. The van der Waals surface area contributed by atoms with Gasteiger partial charge in [0.05, 0.1) is 10.9 Å². The number of benzene rings is 1. The molecular weight excluding hydrogens is 266 g/mol. The largest absolute Gasteiger partial charge is 0.467 e. The number of aromatic nitrogens is 2. The molecule has 1 aliphatic rings. The first-order valence-corrected chi connectivity index (χ1v) is 7.34. The molecule has 1 fully saturated rings. The summed E-state index contributed by atoms with van der Waals surface area (Å²) < 4.78 is 5.63. The van der Waals surface area contributed by atoms with Crippen LogP contribution < -0.4 is 4.74 Å². The number of carbonyl (C=O) groups is 1. The number of hydrogen-bond donors (Lipinski definition) is 0. The maximum atomic E-state index is 12.2. The van der Waals surface area contributed by atoms with Gasteiger partial charge in [-0.25, -0.2) is 9.97 Å². The molecule has 0 spiro atoms. The molecule has 5 nitrogen and oxygen atoms in total. The molecule has 0 aliphatic carbocycles. The van der Waals surface area contributed by atoms with E-state index in [1.807, 2.05) is 29.2 Å². The number of likely N-dealkylation sites (tertiary alicyclic amines) is 1. The van der Waals surface area contributed by atoms with Crippen LogP contribution in [0, 0.1) is 5.92 Å². The minimum absolute atomic E-state index is 0.0317. The summed E-state index contributed by atoms with van der Waals surface area (Å²) in [5.41, 5.74) is 0.821. The number of amides is 1. The van der Waals surface area contributed by atoms with Gasteiger partial charge in [-0.1, -0.05) is 19.1 Å². The highest BCUT2D eigenvalue weighted by Gasteiger charge is 2.21. The summed E-state index contributed by atoms with van der Waals surface area (Å²) in [6, 6.07) is 7.63. The lowest BCUT2D eigenvalue weighted by molar-refractivity contribution is -0.135. The van der Waals surface area contributed by atoms with Crippen molar-refractivity contribution in [1.29, 1.82) is 0 Å². The van der Waals surface area contributed by atoms with Crippen LogP contribution >= 0.6 is 0 Å². The molecule has 21 heavy (non-hydrogen) atoms. The fourth-order valence-electron chi connectivity index (χ4n) is 2.73. The first-order valence-electron chi connectivity index (χ1n) is 7.34. The summed E-state index contributed by atoms with van der Waals surface area (Å²) in [7, 11) is 0. The second kappa shape index (κ2) is 6.08. The molecule has 3 rings (SSSR count). The van der Waals surface area contributed by atoms with Crippen LogP contribution in [0.5, 0.6) is 5.88 Å². The van der Waals surface area contributed by atoms with E-state index in [1.54, 1.807) is 0 Å². The zero-order valence-corrected chi connectivity index (χ0v) is 12.2. The Balaban J connectivity index is 1.67. The maximum absolute atomic E-state index is 12.2. The van der Waals surface area contributed by atoms with Crippen molar-refractivity contribution in [2.75, 3.05) is 19.7 Å². The molecule has 1 unspecified atom stereocenters. The Bertz CT molecular complexity index is 639. The fraction of sp³-hybridized carbons (Fsp3) is 0.438. The van der Waals surface area contributed by atoms with E-state index in [0.717, 1.165) is 30.4 Å². The normalized spacial score (nSPS) is 18.7. The highest BCUT2D eigenvalue weighted by atomic mass is 16.5. The van der Waals surface area contributed by atoms with Crippen molar-refractivity contribution in [3.05, 3.63) is 30.6 Å². The van der Waals surface area contributed by atoms with Gasteiger partial charge in [0.2, 0.25) is 5.88 Å². The van der Waals surface area contributed by atoms with E-state index in [-0.39, 0.29) is 12.5 Å². The third-order valence-electron chi connectivity index (χ3n) is 3.85. The lowest BCUT2D eigenvalue weighted by atomic mass is 10.0. The fourth-order valence-corrected chi connectivity index (χ4v) is 2.73. The summed E-state index contributed by atoms with van der Waals surface area (Å²) in [6.07, 6.45) is 3.73. The zero-order chi connectivity index (χ0) is 14.7. The van der Waals surface area contributed by atoms with Crippen LogP contribution in [0.1, 0.15) is 19.8 Å². The molecule has 5 heteroatoms. The standard InChI is InChI=1S/C16H19N3O2/c1-12-5-4-8-19(9-12)15(20)10-21-16-13-6-2-3-7-14(13)17-11-18-16/h2-3,6-7,11-12H,4-5,8-10H2,1H3. The van der Waals surface area contributed by atoms with E-state index in [2.05, 4.69) is 16.9 Å². The number of ether oxygens (including phenoxy) is 1. The minimum Gasteiger partial charge on any atom is -0.467 e. The average Bonchev–Trinajstić information content (AvgIpc) is 2.52. The van der Waals surface area contributed by atoms with Gasteiger partial charge in [0, 0.05) is 13.1 Å². The predicted molar refractivity (Wildman–Crippen MR) is 80.0 cm³/mol. The van der Waals surface area contributed by atoms with Crippen molar-refractivity contribution >= 4 is 16.8 Å². The van der Waals surface area contributed by atoms with Gasteiger partial charge in [-0.05, 0) is 30.9 Å². The first-order chi connectivity index (χ1) is 10.2. The molecule has 2 heterocycles. The molecule has 0 bridgehead atoms. The number of rotatable bonds is 3. The van der Waals surface area contributed by atoms with Crippen LogP contribution in [-0.2, 0) is 4.79 Å². The third kappa shape index (κ3) is 3.12. The Kier molecular flexibility index (Phi) is 3.99. The molecular formula is C16H19N3O2. The van der Waals surface area contributed by atoms with Crippen molar-refractivity contribution < 1.29 is 9.53 Å². The SMILES string of the molecule is CC1CCCN(C(=O)COc2ncnc3ccccc23)C1. The van der Waals surface area contributed by atoms with Gasteiger partial charge in [0.15, 0.2) is 6.61 Å². The second-order valence-corrected chi connectivity index (χ2v) is 5.57. The van der Waals surface area contributed by atoms with Crippen LogP contribution in [-0.4, -0.2) is 40.5 Å². The lowest BCUT2D eigenvalue weighted by Gasteiger charge is -2.30. The molecule has 1 saturated heterocycles.